The molecule has 0 spiro atoms. The van der Waals surface area contributed by atoms with E-state index in [4.69, 9.17) is 20.8 Å². The molecule has 0 bridgehead atoms. The van der Waals surface area contributed by atoms with Gasteiger partial charge in [-0.1, -0.05) is 65.9 Å². The second-order valence-electron chi connectivity index (χ2n) is 8.17. The zero-order valence-corrected chi connectivity index (χ0v) is 21.0. The predicted octanol–water partition coefficient (Wildman–Crippen LogP) is 5.98. The fourth-order valence-corrected chi connectivity index (χ4v) is 5.31. The second kappa shape index (κ2) is 9.68. The molecule has 0 saturated heterocycles. The number of carbonyl (C=O) groups is 3. The fourth-order valence-electron chi connectivity index (χ4n) is 4.13. The normalized spacial score (nSPS) is 15.5. The van der Waals surface area contributed by atoms with Gasteiger partial charge in [-0.05, 0) is 36.8 Å². The van der Waals surface area contributed by atoms with E-state index < -0.39 is 29.5 Å². The number of halogens is 1. The number of aromatic nitrogens is 1. The van der Waals surface area contributed by atoms with Crippen LogP contribution < -0.4 is 4.90 Å². The lowest BCUT2D eigenvalue weighted by molar-refractivity contribution is -0.117. The quantitative estimate of drug-likeness (QED) is 0.176. The SMILES string of the molecule is C=CCOC(=O)c1sc(N2C(=O)C(O)=C(C(=O)c3cc4ccccc4o3)C2c2cccc(Cl)c2)nc1C. The third kappa shape index (κ3) is 4.32. The summed E-state index contributed by atoms with van der Waals surface area (Å²) < 4.78 is 10.9. The Morgan fingerprint density at radius 3 is 2.76 bits per heavy atom. The summed E-state index contributed by atoms with van der Waals surface area (Å²) in [7, 11) is 0. The summed E-state index contributed by atoms with van der Waals surface area (Å²) in [6.45, 7) is 5.14. The lowest BCUT2D eigenvalue weighted by atomic mass is 9.95. The maximum atomic E-state index is 13.7. The number of carbonyl (C=O) groups excluding carboxylic acids is 3. The topological polar surface area (TPSA) is 110 Å². The van der Waals surface area contributed by atoms with Crippen LogP contribution in [-0.2, 0) is 9.53 Å². The Hall–Kier alpha value is -4.21. The summed E-state index contributed by atoms with van der Waals surface area (Å²) in [6, 6.07) is 14.2. The zero-order valence-electron chi connectivity index (χ0n) is 19.4. The van der Waals surface area contributed by atoms with Gasteiger partial charge in [-0.3, -0.25) is 14.5 Å². The van der Waals surface area contributed by atoms with Crippen molar-refractivity contribution in [1.82, 2.24) is 4.98 Å². The molecular weight excluding hydrogens is 516 g/mol. The van der Waals surface area contributed by atoms with Gasteiger partial charge in [-0.2, -0.15) is 0 Å². The molecule has 0 fully saturated rings. The average Bonchev–Trinajstić information content (AvgIpc) is 3.56. The first kappa shape index (κ1) is 24.5. The number of thiazole rings is 1. The van der Waals surface area contributed by atoms with Gasteiger partial charge in [0.15, 0.2) is 16.7 Å². The first-order valence-electron chi connectivity index (χ1n) is 11.1. The van der Waals surface area contributed by atoms with Crippen LogP contribution in [0.3, 0.4) is 0 Å². The third-order valence-electron chi connectivity index (χ3n) is 5.78. The van der Waals surface area contributed by atoms with Gasteiger partial charge in [0, 0.05) is 10.4 Å². The number of Topliss-reactive ketones (excluding diaryl/α,β-unsaturated/α-hetero) is 1. The molecule has 186 valence electrons. The maximum Gasteiger partial charge on any atom is 0.350 e. The number of furan rings is 1. The molecule has 3 heterocycles. The number of rotatable bonds is 7. The molecule has 1 atom stereocenters. The molecule has 37 heavy (non-hydrogen) atoms. The van der Waals surface area contributed by atoms with Gasteiger partial charge in [-0.15, -0.1) is 0 Å². The summed E-state index contributed by atoms with van der Waals surface area (Å²) in [5.74, 6) is -2.90. The number of benzene rings is 2. The van der Waals surface area contributed by atoms with Crippen molar-refractivity contribution >= 4 is 56.7 Å². The van der Waals surface area contributed by atoms with Gasteiger partial charge >= 0.3 is 5.97 Å². The van der Waals surface area contributed by atoms with Crippen molar-refractivity contribution in [3.63, 3.8) is 0 Å². The number of aliphatic hydroxyl groups is 1. The highest BCUT2D eigenvalue weighted by atomic mass is 35.5. The summed E-state index contributed by atoms with van der Waals surface area (Å²) in [5, 5.41) is 12.1. The highest BCUT2D eigenvalue weighted by Gasteiger charge is 2.47. The van der Waals surface area contributed by atoms with Crippen molar-refractivity contribution < 1.29 is 28.6 Å². The summed E-state index contributed by atoms with van der Waals surface area (Å²) >= 11 is 7.16. The Bertz CT molecular complexity index is 1580. The lowest BCUT2D eigenvalue weighted by Crippen LogP contribution is -2.31. The molecule has 1 N–H and O–H groups in total. The monoisotopic (exact) mass is 534 g/mol. The van der Waals surface area contributed by atoms with Crippen LogP contribution in [0.1, 0.15) is 37.5 Å². The Morgan fingerprint density at radius 2 is 2.03 bits per heavy atom. The fraction of sp³-hybridized carbons (Fsp3) is 0.111. The van der Waals surface area contributed by atoms with Crippen LogP contribution in [0.25, 0.3) is 11.0 Å². The number of aliphatic hydroxyl groups excluding tert-OH is 1. The number of nitrogens with zero attached hydrogens (tertiary/aromatic N) is 2. The van der Waals surface area contributed by atoms with E-state index in [-0.39, 0.29) is 27.9 Å². The van der Waals surface area contributed by atoms with Crippen LogP contribution in [0.2, 0.25) is 5.02 Å². The minimum absolute atomic E-state index is 0.0117. The number of para-hydroxylation sites is 1. The van der Waals surface area contributed by atoms with E-state index in [1.165, 1.54) is 11.0 Å². The van der Waals surface area contributed by atoms with Crippen LogP contribution >= 0.6 is 22.9 Å². The summed E-state index contributed by atoms with van der Waals surface area (Å²) in [4.78, 5) is 45.3. The summed E-state index contributed by atoms with van der Waals surface area (Å²) in [6.07, 6.45) is 1.44. The number of hydrogen-bond donors (Lipinski definition) is 1. The van der Waals surface area contributed by atoms with Crippen LogP contribution in [0.5, 0.6) is 0 Å². The number of hydrogen-bond acceptors (Lipinski definition) is 8. The molecule has 1 aliphatic rings. The van der Waals surface area contributed by atoms with Crippen molar-refractivity contribution in [1.29, 1.82) is 0 Å². The molecule has 5 rings (SSSR count). The Labute approximate surface area is 220 Å². The van der Waals surface area contributed by atoms with Crippen molar-refractivity contribution in [2.75, 3.05) is 11.5 Å². The number of ether oxygens (including phenoxy) is 1. The van der Waals surface area contributed by atoms with E-state index in [1.807, 2.05) is 0 Å². The standard InChI is InChI=1S/C27H19ClN2O6S/c1-3-11-35-26(34)24-14(2)29-27(37-24)30-21(16-8-6-9-17(28)12-16)20(23(32)25(30)33)22(31)19-13-15-7-4-5-10-18(15)36-19/h3-10,12-13,21,32H,1,11H2,2H3. The Kier molecular flexibility index (Phi) is 6.41. The Balaban J connectivity index is 1.62. The third-order valence-corrected chi connectivity index (χ3v) is 7.15. The first-order valence-corrected chi connectivity index (χ1v) is 12.3. The number of ketones is 1. The van der Waals surface area contributed by atoms with E-state index in [0.717, 1.165) is 11.3 Å². The van der Waals surface area contributed by atoms with Crippen LogP contribution in [0.4, 0.5) is 5.13 Å². The predicted molar refractivity (Wildman–Crippen MR) is 139 cm³/mol. The zero-order chi connectivity index (χ0) is 26.3. The van der Waals surface area contributed by atoms with Crippen molar-refractivity contribution in [3.05, 3.63) is 106 Å². The lowest BCUT2D eigenvalue weighted by Gasteiger charge is -2.24. The van der Waals surface area contributed by atoms with Crippen molar-refractivity contribution in [2.45, 2.75) is 13.0 Å². The maximum absolute atomic E-state index is 13.7. The Morgan fingerprint density at radius 1 is 1.24 bits per heavy atom. The molecule has 2 aromatic carbocycles. The minimum atomic E-state index is -1.07. The minimum Gasteiger partial charge on any atom is -0.503 e. The molecule has 1 unspecified atom stereocenters. The van der Waals surface area contributed by atoms with E-state index in [0.29, 0.717) is 27.2 Å². The van der Waals surface area contributed by atoms with Gasteiger partial charge < -0.3 is 14.3 Å². The molecule has 0 saturated carbocycles. The largest absolute Gasteiger partial charge is 0.503 e. The van der Waals surface area contributed by atoms with Gasteiger partial charge in [0.2, 0.25) is 5.78 Å². The molecule has 2 aromatic heterocycles. The van der Waals surface area contributed by atoms with Gasteiger partial charge in [0.1, 0.15) is 17.1 Å². The highest BCUT2D eigenvalue weighted by Crippen LogP contribution is 2.44. The van der Waals surface area contributed by atoms with E-state index in [1.54, 1.807) is 61.5 Å². The first-order chi connectivity index (χ1) is 17.8. The number of fused-ring (bicyclic) bond motifs is 1. The van der Waals surface area contributed by atoms with Crippen molar-refractivity contribution in [3.8, 4) is 0 Å². The van der Waals surface area contributed by atoms with Crippen molar-refractivity contribution in [2.24, 2.45) is 0 Å². The molecule has 10 heteroatoms. The number of aryl methyl sites for hydroxylation is 1. The van der Waals surface area contributed by atoms with E-state index in [2.05, 4.69) is 11.6 Å². The molecule has 8 nitrogen and oxygen atoms in total. The van der Waals surface area contributed by atoms with Crippen LogP contribution in [0.15, 0.2) is 83.0 Å². The van der Waals surface area contributed by atoms with Crippen LogP contribution in [-0.4, -0.2) is 34.4 Å². The van der Waals surface area contributed by atoms with Gasteiger partial charge in [-0.25, -0.2) is 9.78 Å². The molecular formula is C27H19ClN2O6S. The molecule has 0 radical (unpaired) electrons. The molecule has 0 aliphatic carbocycles. The molecule has 1 amide bonds. The number of amides is 1. The van der Waals surface area contributed by atoms with E-state index in [9.17, 15) is 19.5 Å². The number of anilines is 1. The summed E-state index contributed by atoms with van der Waals surface area (Å²) in [5.41, 5.74) is 1.11. The second-order valence-corrected chi connectivity index (χ2v) is 9.58. The van der Waals surface area contributed by atoms with Crippen LogP contribution in [0, 0.1) is 6.92 Å². The highest BCUT2D eigenvalue weighted by molar-refractivity contribution is 7.17. The molecule has 1 aliphatic heterocycles. The van der Waals surface area contributed by atoms with Gasteiger partial charge in [0.25, 0.3) is 5.91 Å². The smallest absolute Gasteiger partial charge is 0.350 e. The number of esters is 1. The van der Waals surface area contributed by atoms with E-state index >= 15 is 0 Å². The van der Waals surface area contributed by atoms with Gasteiger partial charge in [0.05, 0.1) is 17.3 Å². The molecule has 4 aromatic rings. The average molecular weight is 535 g/mol.